The molecule has 0 unspecified atom stereocenters. The van der Waals surface area contributed by atoms with Crippen molar-refractivity contribution in [2.24, 2.45) is 51.2 Å². The largest absolute Gasteiger partial charge is 0.444 e. The van der Waals surface area contributed by atoms with E-state index in [0.717, 1.165) is 13.0 Å². The minimum atomic E-state index is -0.479. The lowest BCUT2D eigenvalue weighted by molar-refractivity contribution is -0.229. The molecule has 5 aliphatic rings. The number of fused-ring (bicyclic) bond motifs is 7. The first-order chi connectivity index (χ1) is 18.0. The van der Waals surface area contributed by atoms with Crippen LogP contribution in [0.1, 0.15) is 127 Å². The average Bonchev–Trinajstić information content (AvgIpc) is 3.17. The molecule has 0 bridgehead atoms. The van der Waals surface area contributed by atoms with Crippen LogP contribution in [0.4, 0.5) is 4.79 Å². The van der Waals surface area contributed by atoms with Gasteiger partial charge < -0.3 is 14.7 Å². The van der Waals surface area contributed by atoms with Crippen molar-refractivity contribution >= 4 is 6.09 Å². The third kappa shape index (κ3) is 4.10. The smallest absolute Gasteiger partial charge is 0.410 e. The van der Waals surface area contributed by atoms with Crippen LogP contribution in [0.2, 0.25) is 0 Å². The van der Waals surface area contributed by atoms with E-state index in [2.05, 4.69) is 53.0 Å². The molecule has 0 spiro atoms. The molecule has 4 aliphatic carbocycles. The number of nitrogens with zero attached hydrogens (tertiary/aromatic N) is 1. The highest BCUT2D eigenvalue weighted by atomic mass is 16.6. The van der Waals surface area contributed by atoms with Crippen molar-refractivity contribution < 1.29 is 14.6 Å². The standard InChI is InChI=1S/C35H59NO3/c1-23(2)24-14-18-35(22-37)20-19-33(9)25(28(24)35)12-13-27-32(8)16-11-21-36(29(38)39-30(3,4)5)31(6,7)26(32)15-17-34(27,33)10/h24-28,37H,1,11-22H2,2-10H3/t24-,25+,26-,27+,28+,32-,33+,34+,35+/m0/s1. The number of aliphatic hydroxyl groups is 1. The quantitative estimate of drug-likeness (QED) is 0.356. The van der Waals surface area contributed by atoms with Crippen molar-refractivity contribution in [3.63, 3.8) is 0 Å². The number of hydrogen-bond donors (Lipinski definition) is 1. The summed E-state index contributed by atoms with van der Waals surface area (Å²) in [6.07, 6.45) is 11.9. The SMILES string of the molecule is C=C(C)[C@@H]1CC[C@]2(CO)CC[C@]3(C)[C@H](CC[C@@H]4[C@@]5(C)CCCN(C(=O)OC(C)(C)C)C(C)(C)[C@@H]5CC[C@]43C)[C@@H]12. The van der Waals surface area contributed by atoms with Gasteiger partial charge in [-0.15, -0.1) is 0 Å². The van der Waals surface area contributed by atoms with E-state index in [1.54, 1.807) is 0 Å². The van der Waals surface area contributed by atoms with Crippen molar-refractivity contribution in [1.29, 1.82) is 0 Å². The number of hydrogen-bond acceptors (Lipinski definition) is 3. The van der Waals surface area contributed by atoms with Crippen LogP contribution < -0.4 is 0 Å². The molecule has 39 heavy (non-hydrogen) atoms. The van der Waals surface area contributed by atoms with E-state index in [0.29, 0.717) is 36.2 Å². The first-order valence-electron chi connectivity index (χ1n) is 16.2. The van der Waals surface area contributed by atoms with Gasteiger partial charge in [0.15, 0.2) is 0 Å². The number of rotatable bonds is 2. The molecule has 4 heteroatoms. The number of aliphatic hydroxyl groups excluding tert-OH is 1. The summed E-state index contributed by atoms with van der Waals surface area (Å²) in [6, 6.07) is 0. The van der Waals surface area contributed by atoms with Crippen molar-refractivity contribution in [1.82, 2.24) is 4.90 Å². The molecule has 1 N–H and O–H groups in total. The molecule has 222 valence electrons. The topological polar surface area (TPSA) is 49.8 Å². The zero-order valence-corrected chi connectivity index (χ0v) is 26.8. The Morgan fingerprint density at radius 2 is 1.62 bits per heavy atom. The Labute approximate surface area is 239 Å². The number of carbonyl (C=O) groups excluding carboxylic acids is 1. The van der Waals surface area contributed by atoms with Crippen molar-refractivity contribution in [3.8, 4) is 0 Å². The second-order valence-electron chi connectivity index (χ2n) is 17.1. The molecule has 4 saturated carbocycles. The molecular weight excluding hydrogens is 482 g/mol. The van der Waals surface area contributed by atoms with Crippen LogP contribution in [0.3, 0.4) is 0 Å². The zero-order valence-electron chi connectivity index (χ0n) is 26.8. The Morgan fingerprint density at radius 1 is 0.923 bits per heavy atom. The molecule has 4 nitrogen and oxygen atoms in total. The van der Waals surface area contributed by atoms with Crippen LogP contribution in [0.25, 0.3) is 0 Å². The van der Waals surface area contributed by atoms with E-state index in [1.165, 1.54) is 63.4 Å². The first-order valence-corrected chi connectivity index (χ1v) is 16.2. The zero-order chi connectivity index (χ0) is 28.8. The molecular formula is C35H59NO3. The van der Waals surface area contributed by atoms with Gasteiger partial charge in [-0.2, -0.15) is 0 Å². The summed E-state index contributed by atoms with van der Waals surface area (Å²) in [6.45, 7) is 26.4. The van der Waals surface area contributed by atoms with Crippen LogP contribution in [0, 0.1) is 51.2 Å². The third-order valence-electron chi connectivity index (χ3n) is 14.1. The lowest BCUT2D eigenvalue weighted by Gasteiger charge is -2.71. The molecule has 9 atom stereocenters. The Kier molecular flexibility index (Phi) is 6.98. The van der Waals surface area contributed by atoms with E-state index in [9.17, 15) is 9.90 Å². The fourth-order valence-electron chi connectivity index (χ4n) is 12.2. The van der Waals surface area contributed by atoms with Gasteiger partial charge in [0, 0.05) is 18.7 Å². The lowest BCUT2D eigenvalue weighted by Crippen LogP contribution is -2.66. The van der Waals surface area contributed by atoms with Gasteiger partial charge in [0.05, 0.1) is 0 Å². The minimum Gasteiger partial charge on any atom is -0.444 e. The predicted molar refractivity (Wildman–Crippen MR) is 159 cm³/mol. The second kappa shape index (κ2) is 9.23. The molecule has 5 rings (SSSR count). The number of ether oxygens (including phenoxy) is 1. The van der Waals surface area contributed by atoms with Crippen molar-refractivity contribution in [3.05, 3.63) is 12.2 Å². The normalized spacial score (nSPS) is 47.2. The molecule has 0 aromatic carbocycles. The number of carbonyl (C=O) groups is 1. The first kappa shape index (κ1) is 29.5. The maximum atomic E-state index is 13.5. The fraction of sp³-hybridized carbons (Fsp3) is 0.914. The molecule has 1 aliphatic heterocycles. The van der Waals surface area contributed by atoms with Gasteiger partial charge >= 0.3 is 6.09 Å². The van der Waals surface area contributed by atoms with Gasteiger partial charge in [-0.25, -0.2) is 4.79 Å². The Balaban J connectivity index is 1.50. The summed E-state index contributed by atoms with van der Waals surface area (Å²) in [7, 11) is 0. The Bertz CT molecular complexity index is 996. The maximum absolute atomic E-state index is 13.5. The van der Waals surface area contributed by atoms with E-state index < -0.39 is 5.60 Å². The minimum absolute atomic E-state index is 0.107. The summed E-state index contributed by atoms with van der Waals surface area (Å²) in [5.74, 6) is 2.94. The highest BCUT2D eigenvalue weighted by molar-refractivity contribution is 5.69. The molecule has 5 fully saturated rings. The van der Waals surface area contributed by atoms with Crippen molar-refractivity contribution in [2.45, 2.75) is 138 Å². The summed E-state index contributed by atoms with van der Waals surface area (Å²) >= 11 is 0. The average molecular weight is 542 g/mol. The van der Waals surface area contributed by atoms with Crippen LogP contribution in [-0.4, -0.2) is 40.4 Å². The van der Waals surface area contributed by atoms with Gasteiger partial charge in [-0.05, 0) is 157 Å². The third-order valence-corrected chi connectivity index (χ3v) is 14.1. The van der Waals surface area contributed by atoms with Crippen LogP contribution in [0.15, 0.2) is 12.2 Å². The van der Waals surface area contributed by atoms with Gasteiger partial charge in [-0.1, -0.05) is 32.9 Å². The van der Waals surface area contributed by atoms with Gasteiger partial charge in [0.25, 0.3) is 0 Å². The van der Waals surface area contributed by atoms with Crippen LogP contribution in [0.5, 0.6) is 0 Å². The highest BCUT2D eigenvalue weighted by Gasteiger charge is 2.70. The van der Waals surface area contributed by atoms with Crippen LogP contribution in [-0.2, 0) is 4.74 Å². The van der Waals surface area contributed by atoms with Gasteiger partial charge in [0.1, 0.15) is 5.60 Å². The number of allylic oxidation sites excluding steroid dienone is 1. The molecule has 0 aromatic heterocycles. The summed E-state index contributed by atoms with van der Waals surface area (Å²) in [4.78, 5) is 15.6. The van der Waals surface area contributed by atoms with Gasteiger partial charge in [0.2, 0.25) is 0 Å². The maximum Gasteiger partial charge on any atom is 0.410 e. The second-order valence-corrected chi connectivity index (χ2v) is 17.1. The van der Waals surface area contributed by atoms with E-state index in [4.69, 9.17) is 4.74 Å². The lowest BCUT2D eigenvalue weighted by atomic mass is 9.33. The fourth-order valence-corrected chi connectivity index (χ4v) is 12.2. The van der Waals surface area contributed by atoms with Crippen molar-refractivity contribution in [2.75, 3.05) is 13.2 Å². The summed E-state index contributed by atoms with van der Waals surface area (Å²) < 4.78 is 5.94. The predicted octanol–water partition coefficient (Wildman–Crippen LogP) is 8.63. The van der Waals surface area contributed by atoms with E-state index in [1.807, 2.05) is 20.8 Å². The molecule has 0 radical (unpaired) electrons. The Hall–Kier alpha value is -1.03. The monoisotopic (exact) mass is 541 g/mol. The van der Waals surface area contributed by atoms with Gasteiger partial charge in [-0.3, -0.25) is 0 Å². The van der Waals surface area contributed by atoms with E-state index >= 15 is 0 Å². The highest BCUT2D eigenvalue weighted by Crippen LogP contribution is 2.76. The van der Waals surface area contributed by atoms with Crippen LogP contribution >= 0.6 is 0 Å². The number of likely N-dealkylation sites (tertiary alicyclic amines) is 1. The molecule has 1 amide bonds. The summed E-state index contributed by atoms with van der Waals surface area (Å²) in [5, 5.41) is 10.8. The summed E-state index contributed by atoms with van der Waals surface area (Å²) in [5.41, 5.74) is 1.51. The number of amides is 1. The molecule has 1 saturated heterocycles. The molecule has 0 aromatic rings. The molecule has 1 heterocycles. The van der Waals surface area contributed by atoms with E-state index in [-0.39, 0.29) is 33.3 Å². The Morgan fingerprint density at radius 3 is 2.23 bits per heavy atom.